The van der Waals surface area contributed by atoms with Gasteiger partial charge in [0.25, 0.3) is 5.91 Å². The number of hydrogen-bond acceptors (Lipinski definition) is 4. The third-order valence-corrected chi connectivity index (χ3v) is 4.48. The number of fused-ring (bicyclic) bond motifs is 1. The van der Waals surface area contributed by atoms with E-state index < -0.39 is 0 Å². The van der Waals surface area contributed by atoms with Crippen LogP contribution in [-0.4, -0.2) is 25.3 Å². The Balaban J connectivity index is 1.69. The topological polar surface area (TPSA) is 59.9 Å². The first-order chi connectivity index (χ1) is 13.6. The fourth-order valence-electron chi connectivity index (χ4n) is 2.74. The summed E-state index contributed by atoms with van der Waals surface area (Å²) < 4.78 is 11.1. The Morgan fingerprint density at radius 3 is 2.43 bits per heavy atom. The molecule has 3 rings (SSSR count). The van der Waals surface area contributed by atoms with Crippen LogP contribution in [0.15, 0.2) is 65.8 Å². The Labute approximate surface area is 165 Å². The van der Waals surface area contributed by atoms with Gasteiger partial charge in [-0.3, -0.25) is 4.79 Å². The minimum atomic E-state index is -0.324. The predicted octanol–water partition coefficient (Wildman–Crippen LogP) is 4.79. The van der Waals surface area contributed by atoms with E-state index in [0.29, 0.717) is 11.3 Å². The van der Waals surface area contributed by atoms with Crippen LogP contribution in [-0.2, 0) is 0 Å². The summed E-state index contributed by atoms with van der Waals surface area (Å²) in [6, 6.07) is 19.0. The zero-order chi connectivity index (χ0) is 19.9. The fraction of sp³-hybridized carbons (Fsp3) is 0.217. The molecule has 5 heteroatoms. The monoisotopic (exact) mass is 376 g/mol. The summed E-state index contributed by atoms with van der Waals surface area (Å²) in [4.78, 5) is 12.5. The van der Waals surface area contributed by atoms with Gasteiger partial charge in [0.1, 0.15) is 11.5 Å². The molecule has 28 heavy (non-hydrogen) atoms. The van der Waals surface area contributed by atoms with Gasteiger partial charge >= 0.3 is 0 Å². The summed E-state index contributed by atoms with van der Waals surface area (Å²) in [5, 5.41) is 6.04. The number of hydrogen-bond donors (Lipinski definition) is 1. The van der Waals surface area contributed by atoms with E-state index in [1.165, 1.54) is 0 Å². The van der Waals surface area contributed by atoms with Crippen LogP contribution >= 0.6 is 0 Å². The Morgan fingerprint density at radius 2 is 1.79 bits per heavy atom. The number of carbonyl (C=O) groups excluding carboxylic acids is 1. The van der Waals surface area contributed by atoms with Gasteiger partial charge in [-0.05, 0) is 66.1 Å². The minimum absolute atomic E-state index is 0.177. The van der Waals surface area contributed by atoms with Gasteiger partial charge in [-0.2, -0.15) is 5.10 Å². The number of benzene rings is 3. The summed E-state index contributed by atoms with van der Waals surface area (Å²) in [7, 11) is 1.55. The van der Waals surface area contributed by atoms with Crippen LogP contribution in [0, 0.1) is 0 Å². The van der Waals surface area contributed by atoms with Crippen LogP contribution in [0.5, 0.6) is 11.5 Å². The third kappa shape index (κ3) is 4.68. The second-order valence-electron chi connectivity index (χ2n) is 6.50. The van der Waals surface area contributed by atoms with Crippen LogP contribution in [0.2, 0.25) is 0 Å². The fourth-order valence-corrected chi connectivity index (χ4v) is 2.74. The number of nitrogens with one attached hydrogen (secondary N) is 1. The van der Waals surface area contributed by atoms with Crippen molar-refractivity contribution in [3.63, 3.8) is 0 Å². The van der Waals surface area contributed by atoms with Crippen molar-refractivity contribution in [2.24, 2.45) is 5.10 Å². The minimum Gasteiger partial charge on any atom is -0.496 e. The van der Waals surface area contributed by atoms with E-state index in [4.69, 9.17) is 9.47 Å². The zero-order valence-corrected chi connectivity index (χ0v) is 16.3. The maximum atomic E-state index is 12.5. The molecular formula is C23H24N2O3. The molecule has 0 aliphatic carbocycles. The molecule has 0 saturated carbocycles. The normalized spacial score (nSPS) is 12.1. The molecule has 3 aromatic carbocycles. The Bertz CT molecular complexity index is 981. The quantitative estimate of drug-likeness (QED) is 0.476. The summed E-state index contributed by atoms with van der Waals surface area (Å²) in [5.74, 6) is 1.00. The van der Waals surface area contributed by atoms with Crippen molar-refractivity contribution >= 4 is 22.9 Å². The molecule has 1 N–H and O–H groups in total. The number of ether oxygens (including phenoxy) is 2. The highest BCUT2D eigenvalue weighted by Gasteiger charge is 2.13. The second-order valence-corrected chi connectivity index (χ2v) is 6.50. The molecular weight excluding hydrogens is 352 g/mol. The molecule has 0 aromatic heterocycles. The maximum absolute atomic E-state index is 12.5. The molecule has 0 fully saturated rings. The average Bonchev–Trinajstić information content (AvgIpc) is 2.73. The van der Waals surface area contributed by atoms with Crippen molar-refractivity contribution < 1.29 is 14.3 Å². The highest BCUT2D eigenvalue weighted by Crippen LogP contribution is 2.25. The number of amides is 1. The lowest BCUT2D eigenvalue weighted by molar-refractivity contribution is 0.0952. The van der Waals surface area contributed by atoms with Crippen molar-refractivity contribution in [2.75, 3.05) is 7.11 Å². The van der Waals surface area contributed by atoms with Gasteiger partial charge in [0.15, 0.2) is 0 Å². The molecule has 0 unspecified atom stereocenters. The average molecular weight is 376 g/mol. The predicted molar refractivity (Wildman–Crippen MR) is 112 cm³/mol. The van der Waals surface area contributed by atoms with Gasteiger partial charge in [-0.1, -0.05) is 31.2 Å². The first-order valence-corrected chi connectivity index (χ1v) is 9.27. The van der Waals surface area contributed by atoms with E-state index in [1.54, 1.807) is 19.4 Å². The van der Waals surface area contributed by atoms with Gasteiger partial charge in [0, 0.05) is 0 Å². The van der Waals surface area contributed by atoms with Gasteiger partial charge in [-0.15, -0.1) is 0 Å². The summed E-state index contributed by atoms with van der Waals surface area (Å²) in [6.45, 7) is 4.12. The highest BCUT2D eigenvalue weighted by atomic mass is 16.5. The Morgan fingerprint density at radius 1 is 1.11 bits per heavy atom. The first-order valence-electron chi connectivity index (χ1n) is 9.27. The van der Waals surface area contributed by atoms with Crippen molar-refractivity contribution in [1.29, 1.82) is 0 Å². The zero-order valence-electron chi connectivity index (χ0n) is 16.3. The van der Waals surface area contributed by atoms with E-state index in [2.05, 4.69) is 17.5 Å². The van der Waals surface area contributed by atoms with Crippen molar-refractivity contribution in [3.8, 4) is 11.5 Å². The van der Waals surface area contributed by atoms with Crippen LogP contribution in [0.25, 0.3) is 10.8 Å². The lowest BCUT2D eigenvalue weighted by Crippen LogP contribution is -2.18. The largest absolute Gasteiger partial charge is 0.496 e. The summed E-state index contributed by atoms with van der Waals surface area (Å²) in [6.07, 6.45) is 2.72. The number of methoxy groups -OCH3 is 1. The van der Waals surface area contributed by atoms with E-state index in [1.807, 2.05) is 61.5 Å². The lowest BCUT2D eigenvalue weighted by Gasteiger charge is -2.12. The molecule has 5 nitrogen and oxygen atoms in total. The van der Waals surface area contributed by atoms with Crippen LogP contribution < -0.4 is 14.9 Å². The van der Waals surface area contributed by atoms with Crippen molar-refractivity contribution in [3.05, 3.63) is 71.8 Å². The number of carbonyl (C=O) groups is 1. The number of nitrogens with zero attached hydrogens (tertiary/aromatic N) is 1. The molecule has 0 bridgehead atoms. The molecule has 144 valence electrons. The number of hydrazone groups is 1. The lowest BCUT2D eigenvalue weighted by atomic mass is 10.1. The second kappa shape index (κ2) is 9.04. The van der Waals surface area contributed by atoms with E-state index >= 15 is 0 Å². The molecule has 0 saturated heterocycles. The van der Waals surface area contributed by atoms with E-state index in [9.17, 15) is 4.79 Å². The van der Waals surface area contributed by atoms with E-state index in [0.717, 1.165) is 28.5 Å². The standard InChI is InChI=1S/C23H24N2O3/c1-4-16(2)28-20-11-9-17(10-12-20)15-24-25-23(26)21-13-18-7-5-6-8-19(18)14-22(21)27-3/h5-16H,4H2,1-3H3,(H,25,26)/b24-15-/t16-/m1/s1. The molecule has 0 aliphatic heterocycles. The first kappa shape index (κ1) is 19.4. The highest BCUT2D eigenvalue weighted by molar-refractivity contribution is 6.01. The smallest absolute Gasteiger partial charge is 0.275 e. The summed E-state index contributed by atoms with van der Waals surface area (Å²) >= 11 is 0. The molecule has 0 aliphatic rings. The third-order valence-electron chi connectivity index (χ3n) is 4.48. The van der Waals surface area contributed by atoms with Crippen molar-refractivity contribution in [2.45, 2.75) is 26.4 Å². The van der Waals surface area contributed by atoms with Gasteiger partial charge in [0.2, 0.25) is 0 Å². The van der Waals surface area contributed by atoms with Crippen LogP contribution in [0.3, 0.4) is 0 Å². The molecule has 1 atom stereocenters. The van der Waals surface area contributed by atoms with Crippen molar-refractivity contribution in [1.82, 2.24) is 5.43 Å². The molecule has 0 spiro atoms. The number of rotatable bonds is 7. The Hall–Kier alpha value is -3.34. The maximum Gasteiger partial charge on any atom is 0.275 e. The van der Waals surface area contributed by atoms with Gasteiger partial charge < -0.3 is 9.47 Å². The van der Waals surface area contributed by atoms with E-state index in [-0.39, 0.29) is 12.0 Å². The SMILES string of the molecule is CC[C@@H](C)Oc1ccc(/C=N\NC(=O)c2cc3ccccc3cc2OC)cc1. The van der Waals surface area contributed by atoms with Gasteiger partial charge in [0.05, 0.1) is 25.0 Å². The Kier molecular flexibility index (Phi) is 6.27. The van der Waals surface area contributed by atoms with Crippen LogP contribution in [0.4, 0.5) is 0 Å². The molecule has 1 amide bonds. The van der Waals surface area contributed by atoms with Gasteiger partial charge in [-0.25, -0.2) is 5.43 Å². The molecule has 0 radical (unpaired) electrons. The summed E-state index contributed by atoms with van der Waals surface area (Å²) in [5.41, 5.74) is 3.87. The molecule has 0 heterocycles. The van der Waals surface area contributed by atoms with Crippen LogP contribution in [0.1, 0.15) is 36.2 Å². The molecule has 3 aromatic rings.